The molecule has 1 heterocycles. The summed E-state index contributed by atoms with van der Waals surface area (Å²) in [6.45, 7) is 3.33. The van der Waals surface area contributed by atoms with Crippen LogP contribution in [0.1, 0.15) is 35.4 Å². The van der Waals surface area contributed by atoms with Crippen LogP contribution in [0, 0.1) is 6.92 Å². The Bertz CT molecular complexity index is 264. The lowest BCUT2D eigenvalue weighted by Gasteiger charge is -1.99. The van der Waals surface area contributed by atoms with E-state index in [0.717, 1.165) is 6.54 Å². The van der Waals surface area contributed by atoms with Gasteiger partial charge in [-0.25, -0.2) is 0 Å². The highest BCUT2D eigenvalue weighted by atomic mass is 79.9. The molecule has 1 aromatic rings. The molecule has 0 bridgehead atoms. The fourth-order valence-electron chi connectivity index (χ4n) is 1.60. The monoisotopic (exact) mass is 289 g/mol. The second kappa shape index (κ2) is 7.42. The van der Waals surface area contributed by atoms with Crippen molar-refractivity contribution >= 4 is 27.3 Å². The van der Waals surface area contributed by atoms with Crippen molar-refractivity contribution in [2.24, 2.45) is 0 Å². The zero-order valence-corrected chi connectivity index (χ0v) is 12.0. The predicted octanol–water partition coefficient (Wildman–Crippen LogP) is 4.14. The highest BCUT2D eigenvalue weighted by Crippen LogP contribution is 2.27. The van der Waals surface area contributed by atoms with Crippen molar-refractivity contribution < 1.29 is 0 Å². The van der Waals surface area contributed by atoms with E-state index in [1.54, 1.807) is 0 Å². The van der Waals surface area contributed by atoms with E-state index >= 15 is 0 Å². The minimum Gasteiger partial charge on any atom is -0.320 e. The molecule has 0 aliphatic heterocycles. The van der Waals surface area contributed by atoms with Crippen molar-refractivity contribution in [1.29, 1.82) is 0 Å². The third kappa shape index (κ3) is 5.14. The average molecular weight is 290 g/mol. The van der Waals surface area contributed by atoms with Gasteiger partial charge in [0.2, 0.25) is 0 Å². The van der Waals surface area contributed by atoms with Crippen LogP contribution in [0.15, 0.2) is 10.5 Å². The molecule has 0 saturated carbocycles. The lowest BCUT2D eigenvalue weighted by molar-refractivity contribution is 0.618. The molecule has 0 saturated heterocycles. The van der Waals surface area contributed by atoms with Gasteiger partial charge >= 0.3 is 0 Å². The first kappa shape index (κ1) is 13.2. The summed E-state index contributed by atoms with van der Waals surface area (Å²) in [5, 5.41) is 3.18. The molecule has 0 fully saturated rings. The third-order valence-electron chi connectivity index (χ3n) is 2.51. The smallest absolute Gasteiger partial charge is 0.0314 e. The van der Waals surface area contributed by atoms with E-state index in [-0.39, 0.29) is 0 Å². The molecule has 0 spiro atoms. The summed E-state index contributed by atoms with van der Waals surface area (Å²) in [7, 11) is 2.02. The standard InChI is InChI=1S/C12H20BrNS/c1-10-12(13)9-11(15-10)7-5-3-4-6-8-14-2/h9,14H,3-8H2,1-2H3. The molecule has 86 valence electrons. The zero-order valence-electron chi connectivity index (χ0n) is 9.61. The molecule has 0 unspecified atom stereocenters. The Morgan fingerprint density at radius 2 is 2.00 bits per heavy atom. The van der Waals surface area contributed by atoms with Gasteiger partial charge in [0.1, 0.15) is 0 Å². The molecule has 3 heteroatoms. The fourth-order valence-corrected chi connectivity index (χ4v) is 3.24. The Labute approximate surface area is 105 Å². The largest absolute Gasteiger partial charge is 0.320 e. The first-order valence-corrected chi connectivity index (χ1v) is 7.24. The van der Waals surface area contributed by atoms with Crippen molar-refractivity contribution in [3.8, 4) is 0 Å². The number of nitrogens with one attached hydrogen (secondary N) is 1. The maximum Gasteiger partial charge on any atom is 0.0314 e. The van der Waals surface area contributed by atoms with Gasteiger partial charge in [0.15, 0.2) is 0 Å². The topological polar surface area (TPSA) is 12.0 Å². The summed E-state index contributed by atoms with van der Waals surface area (Å²) in [5.74, 6) is 0. The van der Waals surface area contributed by atoms with Gasteiger partial charge in [0.25, 0.3) is 0 Å². The minimum absolute atomic E-state index is 1.16. The van der Waals surface area contributed by atoms with Crippen molar-refractivity contribution in [2.45, 2.75) is 39.0 Å². The molecular formula is C12H20BrNS. The lowest BCUT2D eigenvalue weighted by atomic mass is 10.1. The average Bonchev–Trinajstić information content (AvgIpc) is 2.52. The number of hydrogen-bond donors (Lipinski definition) is 1. The van der Waals surface area contributed by atoms with E-state index in [0.29, 0.717) is 0 Å². The Hall–Kier alpha value is 0.140. The van der Waals surface area contributed by atoms with Gasteiger partial charge in [-0.3, -0.25) is 0 Å². The van der Waals surface area contributed by atoms with Gasteiger partial charge in [-0.05, 0) is 61.8 Å². The Morgan fingerprint density at radius 3 is 2.60 bits per heavy atom. The van der Waals surface area contributed by atoms with Crippen LogP contribution in [-0.2, 0) is 6.42 Å². The number of aryl methyl sites for hydroxylation is 2. The summed E-state index contributed by atoms with van der Waals surface area (Å²) in [6.07, 6.45) is 6.60. The maximum absolute atomic E-state index is 3.56. The van der Waals surface area contributed by atoms with Crippen LogP contribution in [0.25, 0.3) is 0 Å². The molecule has 0 aliphatic rings. The summed E-state index contributed by atoms with van der Waals surface area (Å²) >= 11 is 5.48. The first-order valence-electron chi connectivity index (χ1n) is 5.63. The molecule has 0 amide bonds. The second-order valence-corrected chi connectivity index (χ2v) is 6.08. The fraction of sp³-hybridized carbons (Fsp3) is 0.667. The van der Waals surface area contributed by atoms with E-state index < -0.39 is 0 Å². The molecule has 1 aromatic heterocycles. The number of rotatable bonds is 7. The van der Waals surface area contributed by atoms with Crippen LogP contribution in [0.2, 0.25) is 0 Å². The summed E-state index contributed by atoms with van der Waals surface area (Å²) in [6, 6.07) is 2.27. The van der Waals surface area contributed by atoms with Crippen LogP contribution < -0.4 is 5.32 Å². The molecular weight excluding hydrogens is 270 g/mol. The number of halogens is 1. The molecule has 1 rings (SSSR count). The Kier molecular flexibility index (Phi) is 6.53. The van der Waals surface area contributed by atoms with E-state index in [9.17, 15) is 0 Å². The highest BCUT2D eigenvalue weighted by Gasteiger charge is 2.02. The quantitative estimate of drug-likeness (QED) is 0.744. The van der Waals surface area contributed by atoms with Gasteiger partial charge in [-0.1, -0.05) is 12.8 Å². The molecule has 0 radical (unpaired) electrons. The molecule has 1 N–H and O–H groups in total. The maximum atomic E-state index is 3.56. The van der Waals surface area contributed by atoms with Crippen LogP contribution in [0.4, 0.5) is 0 Å². The normalized spacial score (nSPS) is 10.9. The van der Waals surface area contributed by atoms with Gasteiger partial charge in [0, 0.05) is 14.2 Å². The summed E-state index contributed by atoms with van der Waals surface area (Å²) in [5.41, 5.74) is 0. The second-order valence-electron chi connectivity index (χ2n) is 3.88. The molecule has 15 heavy (non-hydrogen) atoms. The van der Waals surface area contributed by atoms with Gasteiger partial charge in [0.05, 0.1) is 0 Å². The van der Waals surface area contributed by atoms with Gasteiger partial charge in [-0.15, -0.1) is 11.3 Å². The first-order chi connectivity index (χ1) is 7.24. The van der Waals surface area contributed by atoms with Crippen LogP contribution in [0.5, 0.6) is 0 Å². The number of hydrogen-bond acceptors (Lipinski definition) is 2. The Balaban J connectivity index is 2.10. The highest BCUT2D eigenvalue weighted by molar-refractivity contribution is 9.10. The minimum atomic E-state index is 1.16. The van der Waals surface area contributed by atoms with Gasteiger partial charge < -0.3 is 5.32 Å². The van der Waals surface area contributed by atoms with E-state index in [4.69, 9.17) is 0 Å². The summed E-state index contributed by atoms with van der Waals surface area (Å²) < 4.78 is 1.28. The van der Waals surface area contributed by atoms with Crippen LogP contribution in [-0.4, -0.2) is 13.6 Å². The number of thiophene rings is 1. The Morgan fingerprint density at radius 1 is 1.27 bits per heavy atom. The van der Waals surface area contributed by atoms with Crippen molar-refractivity contribution in [2.75, 3.05) is 13.6 Å². The summed E-state index contributed by atoms with van der Waals surface area (Å²) in [4.78, 5) is 2.92. The van der Waals surface area contributed by atoms with Crippen molar-refractivity contribution in [3.63, 3.8) is 0 Å². The van der Waals surface area contributed by atoms with Crippen LogP contribution >= 0.6 is 27.3 Å². The third-order valence-corrected chi connectivity index (χ3v) is 4.70. The van der Waals surface area contributed by atoms with Crippen LogP contribution in [0.3, 0.4) is 0 Å². The molecule has 1 nitrogen and oxygen atoms in total. The molecule has 0 aromatic carbocycles. The predicted molar refractivity (Wildman–Crippen MR) is 72.9 cm³/mol. The van der Waals surface area contributed by atoms with Crippen molar-refractivity contribution in [3.05, 3.63) is 20.3 Å². The lowest BCUT2D eigenvalue weighted by Crippen LogP contribution is -2.06. The van der Waals surface area contributed by atoms with E-state index in [1.165, 1.54) is 46.3 Å². The molecule has 0 aliphatic carbocycles. The number of unbranched alkanes of at least 4 members (excludes halogenated alkanes) is 3. The zero-order chi connectivity index (χ0) is 11.1. The van der Waals surface area contributed by atoms with E-state index in [1.807, 2.05) is 18.4 Å². The van der Waals surface area contributed by atoms with Crippen molar-refractivity contribution in [1.82, 2.24) is 5.32 Å². The molecule has 0 atom stereocenters. The van der Waals surface area contributed by atoms with E-state index in [2.05, 4.69) is 34.2 Å². The SMILES string of the molecule is CNCCCCCCc1cc(Br)c(C)s1. The van der Waals surface area contributed by atoms with Gasteiger partial charge in [-0.2, -0.15) is 0 Å².